The largest absolute Gasteiger partial charge is 0.461 e. The second-order valence-electron chi connectivity index (χ2n) is 7.89. The Morgan fingerprint density at radius 2 is 1.65 bits per heavy atom. The number of hydrogen-bond acceptors (Lipinski definition) is 6. The summed E-state index contributed by atoms with van der Waals surface area (Å²) in [5.74, 6) is -3.08. The van der Waals surface area contributed by atoms with Gasteiger partial charge in [0.25, 0.3) is 0 Å². The van der Waals surface area contributed by atoms with Crippen LogP contribution in [0.5, 0.6) is 0 Å². The van der Waals surface area contributed by atoms with Crippen molar-refractivity contribution in [1.82, 2.24) is 4.72 Å². The van der Waals surface area contributed by atoms with Crippen molar-refractivity contribution in [3.8, 4) is 0 Å². The minimum absolute atomic E-state index is 0.0186. The van der Waals surface area contributed by atoms with Crippen molar-refractivity contribution in [1.29, 1.82) is 0 Å². The summed E-state index contributed by atoms with van der Waals surface area (Å²) in [6.45, 7) is 4.66. The molecule has 2 aromatic carbocycles. The monoisotopic (exact) mass is 451 g/mol. The van der Waals surface area contributed by atoms with Crippen LogP contribution in [0.15, 0.2) is 59.5 Å². The Hall–Kier alpha value is -2.78. The predicted octanol–water partition coefficient (Wildman–Crippen LogP) is 3.20. The first kappa shape index (κ1) is 24.5. The van der Waals surface area contributed by atoms with Gasteiger partial charge in [-0.1, -0.05) is 30.3 Å². The van der Waals surface area contributed by atoms with Gasteiger partial charge in [-0.15, -0.1) is 0 Å². The molecule has 7 nitrogen and oxygen atoms in total. The minimum atomic E-state index is -4.02. The van der Waals surface area contributed by atoms with Gasteiger partial charge in [0.2, 0.25) is 10.0 Å². The molecular formula is C22H26FNO6S. The molecule has 31 heavy (non-hydrogen) atoms. The summed E-state index contributed by atoms with van der Waals surface area (Å²) in [5, 5.41) is 0. The van der Waals surface area contributed by atoms with E-state index >= 15 is 0 Å². The highest BCUT2D eigenvalue weighted by Gasteiger charge is 2.28. The number of sulfonamides is 1. The van der Waals surface area contributed by atoms with Gasteiger partial charge in [0, 0.05) is 6.54 Å². The molecule has 0 unspecified atom stereocenters. The van der Waals surface area contributed by atoms with E-state index in [-0.39, 0.29) is 24.5 Å². The summed E-state index contributed by atoms with van der Waals surface area (Å²) in [6, 6.07) is 13.2. The maximum Gasteiger partial charge on any atom is 0.311 e. The standard InChI is InChI=1S/C22H26FNO6S/c1-22(2,3)30-20(25)13-17(21(26)29-15-16-7-5-4-6-8-16)14-24-31(27,28)19-11-9-18(23)10-12-19/h4-12,17,24H,13-15H2,1-3H3/t17-/m0/s1. The average molecular weight is 452 g/mol. The van der Waals surface area contributed by atoms with Gasteiger partial charge in [0.15, 0.2) is 0 Å². The molecule has 0 radical (unpaired) electrons. The summed E-state index contributed by atoms with van der Waals surface area (Å²) in [5.41, 5.74) is -0.0119. The lowest BCUT2D eigenvalue weighted by atomic mass is 10.1. The lowest BCUT2D eigenvalue weighted by molar-refractivity contribution is -0.161. The van der Waals surface area contributed by atoms with Gasteiger partial charge in [-0.2, -0.15) is 0 Å². The van der Waals surface area contributed by atoms with Crippen molar-refractivity contribution in [3.05, 3.63) is 66.0 Å². The van der Waals surface area contributed by atoms with Gasteiger partial charge < -0.3 is 9.47 Å². The van der Waals surface area contributed by atoms with Crippen LogP contribution >= 0.6 is 0 Å². The highest BCUT2D eigenvalue weighted by Crippen LogP contribution is 2.16. The van der Waals surface area contributed by atoms with Crippen molar-refractivity contribution < 1.29 is 31.9 Å². The highest BCUT2D eigenvalue weighted by molar-refractivity contribution is 7.89. The number of hydrogen-bond donors (Lipinski definition) is 1. The summed E-state index contributed by atoms with van der Waals surface area (Å²) in [6.07, 6.45) is -0.364. The van der Waals surface area contributed by atoms with Crippen molar-refractivity contribution in [2.75, 3.05) is 6.54 Å². The number of carbonyl (C=O) groups is 2. The first-order valence-corrected chi connectivity index (χ1v) is 11.1. The summed E-state index contributed by atoms with van der Waals surface area (Å²) in [4.78, 5) is 24.7. The van der Waals surface area contributed by atoms with Crippen LogP contribution in [0.4, 0.5) is 4.39 Å². The fourth-order valence-corrected chi connectivity index (χ4v) is 3.66. The van der Waals surface area contributed by atoms with E-state index in [1.807, 2.05) is 6.07 Å². The van der Waals surface area contributed by atoms with E-state index in [0.29, 0.717) is 0 Å². The molecule has 1 atom stereocenters. The molecule has 0 saturated carbocycles. The third-order valence-electron chi connectivity index (χ3n) is 4.03. The van der Waals surface area contributed by atoms with Crippen LogP contribution in [0.2, 0.25) is 0 Å². The maximum atomic E-state index is 13.1. The van der Waals surface area contributed by atoms with Crippen LogP contribution in [-0.2, 0) is 35.7 Å². The molecule has 0 saturated heterocycles. The van der Waals surface area contributed by atoms with E-state index < -0.39 is 39.3 Å². The Balaban J connectivity index is 2.09. The Morgan fingerprint density at radius 3 is 2.23 bits per heavy atom. The fourth-order valence-electron chi connectivity index (χ4n) is 2.58. The lowest BCUT2D eigenvalue weighted by Gasteiger charge is -2.22. The summed E-state index contributed by atoms with van der Waals surface area (Å²) >= 11 is 0. The fraction of sp³-hybridized carbons (Fsp3) is 0.364. The molecule has 0 spiro atoms. The number of rotatable bonds is 9. The average Bonchev–Trinajstić information content (AvgIpc) is 2.69. The van der Waals surface area contributed by atoms with Crippen LogP contribution < -0.4 is 4.72 Å². The van der Waals surface area contributed by atoms with Gasteiger partial charge in [-0.3, -0.25) is 9.59 Å². The zero-order valence-corrected chi connectivity index (χ0v) is 18.4. The number of ether oxygens (including phenoxy) is 2. The Labute approximate surface area is 181 Å². The van der Waals surface area contributed by atoms with E-state index in [0.717, 1.165) is 29.8 Å². The molecule has 0 fully saturated rings. The molecule has 0 aliphatic carbocycles. The minimum Gasteiger partial charge on any atom is -0.461 e. The highest BCUT2D eigenvalue weighted by atomic mass is 32.2. The molecule has 0 aliphatic heterocycles. The number of halogens is 1. The first-order valence-electron chi connectivity index (χ1n) is 9.64. The van der Waals surface area contributed by atoms with Crippen LogP contribution in [0.3, 0.4) is 0 Å². The molecule has 0 aromatic heterocycles. The first-order chi connectivity index (χ1) is 14.5. The number of carbonyl (C=O) groups excluding carboxylic acids is 2. The van der Waals surface area contributed by atoms with E-state index in [4.69, 9.17) is 9.47 Å². The smallest absolute Gasteiger partial charge is 0.311 e. The van der Waals surface area contributed by atoms with E-state index in [9.17, 15) is 22.4 Å². The normalized spacial score (nSPS) is 12.8. The van der Waals surface area contributed by atoms with E-state index in [1.165, 1.54) is 0 Å². The third kappa shape index (κ3) is 8.47. The van der Waals surface area contributed by atoms with Crippen LogP contribution in [-0.4, -0.2) is 32.5 Å². The van der Waals surface area contributed by atoms with Crippen molar-refractivity contribution in [2.24, 2.45) is 5.92 Å². The maximum absolute atomic E-state index is 13.1. The molecular weight excluding hydrogens is 425 g/mol. The predicted molar refractivity (Wildman–Crippen MR) is 112 cm³/mol. The molecule has 2 aromatic rings. The van der Waals surface area contributed by atoms with Gasteiger partial charge in [-0.25, -0.2) is 17.5 Å². The van der Waals surface area contributed by atoms with Crippen molar-refractivity contribution in [2.45, 2.75) is 44.3 Å². The molecule has 0 bridgehead atoms. The van der Waals surface area contributed by atoms with Gasteiger partial charge in [0.1, 0.15) is 18.0 Å². The van der Waals surface area contributed by atoms with Gasteiger partial charge in [-0.05, 0) is 50.6 Å². The second-order valence-corrected chi connectivity index (χ2v) is 9.65. The number of benzene rings is 2. The molecule has 168 valence electrons. The van der Waals surface area contributed by atoms with E-state index in [1.54, 1.807) is 45.0 Å². The zero-order chi connectivity index (χ0) is 23.1. The molecule has 2 rings (SSSR count). The van der Waals surface area contributed by atoms with Gasteiger partial charge in [0.05, 0.1) is 17.2 Å². The number of esters is 2. The molecule has 9 heteroatoms. The Bertz CT molecular complexity index is 985. The summed E-state index contributed by atoms with van der Waals surface area (Å²) in [7, 11) is -4.02. The van der Waals surface area contributed by atoms with Gasteiger partial charge >= 0.3 is 11.9 Å². The van der Waals surface area contributed by atoms with Crippen molar-refractivity contribution >= 4 is 22.0 Å². The topological polar surface area (TPSA) is 98.8 Å². The Morgan fingerprint density at radius 1 is 1.03 bits per heavy atom. The van der Waals surface area contributed by atoms with Crippen LogP contribution in [0.1, 0.15) is 32.8 Å². The second kappa shape index (κ2) is 10.5. The molecule has 0 amide bonds. The molecule has 0 aliphatic rings. The van der Waals surface area contributed by atoms with Crippen LogP contribution in [0.25, 0.3) is 0 Å². The quantitative estimate of drug-likeness (QED) is 0.588. The van der Waals surface area contributed by atoms with Crippen molar-refractivity contribution in [3.63, 3.8) is 0 Å². The third-order valence-corrected chi connectivity index (χ3v) is 5.47. The summed E-state index contributed by atoms with van der Waals surface area (Å²) < 4.78 is 50.8. The molecule has 1 N–H and O–H groups in total. The lowest BCUT2D eigenvalue weighted by Crippen LogP contribution is -2.36. The SMILES string of the molecule is CC(C)(C)OC(=O)C[C@@H](CNS(=O)(=O)c1ccc(F)cc1)C(=O)OCc1ccccc1. The van der Waals surface area contributed by atoms with Crippen LogP contribution in [0, 0.1) is 11.7 Å². The molecule has 0 heterocycles. The van der Waals surface area contributed by atoms with E-state index in [2.05, 4.69) is 4.72 Å². The zero-order valence-electron chi connectivity index (χ0n) is 17.6. The Kier molecular flexibility index (Phi) is 8.29. The number of nitrogens with one attached hydrogen (secondary N) is 1.